The Kier molecular flexibility index (Phi) is 4.41. The number of aromatic hydroxyl groups is 1. The molecule has 0 radical (unpaired) electrons. The molecule has 2 rings (SSSR count). The van der Waals surface area contributed by atoms with Crippen LogP contribution in [0.1, 0.15) is 34.0 Å². The number of benzene rings is 2. The van der Waals surface area contributed by atoms with Crippen molar-refractivity contribution < 1.29 is 14.6 Å². The van der Waals surface area contributed by atoms with Gasteiger partial charge in [0.25, 0.3) is 0 Å². The monoisotopic (exact) mass is 270 g/mol. The number of ether oxygens (including phenoxy) is 1. The summed E-state index contributed by atoms with van der Waals surface area (Å²) in [5.41, 5.74) is 2.98. The molecule has 2 aromatic rings. The van der Waals surface area contributed by atoms with E-state index < -0.39 is 5.97 Å². The largest absolute Gasteiger partial charge is 0.507 e. The van der Waals surface area contributed by atoms with E-state index in [0.717, 1.165) is 16.7 Å². The number of hydrogen-bond acceptors (Lipinski definition) is 3. The molecule has 0 fully saturated rings. The first-order valence-corrected chi connectivity index (χ1v) is 6.65. The highest BCUT2D eigenvalue weighted by atomic mass is 16.5. The van der Waals surface area contributed by atoms with Crippen molar-refractivity contribution in [2.24, 2.45) is 0 Å². The minimum atomic E-state index is -0.483. The number of carbonyl (C=O) groups excluding carboxylic acids is 1. The van der Waals surface area contributed by atoms with Gasteiger partial charge in [0, 0.05) is 6.42 Å². The molecule has 0 aliphatic rings. The fourth-order valence-corrected chi connectivity index (χ4v) is 2.17. The van der Waals surface area contributed by atoms with Gasteiger partial charge in [0.15, 0.2) is 0 Å². The third-order valence-electron chi connectivity index (χ3n) is 3.07. The first-order chi connectivity index (χ1) is 9.61. The molecule has 0 aliphatic carbocycles. The average molecular weight is 270 g/mol. The Morgan fingerprint density at radius 3 is 2.55 bits per heavy atom. The Bertz CT molecular complexity index is 603. The SMILES string of the molecule is CCOC(=O)c1cc(C)cc(Cc2ccccc2)c1O. The molecule has 0 spiro atoms. The van der Waals surface area contributed by atoms with Gasteiger partial charge in [-0.15, -0.1) is 0 Å². The van der Waals surface area contributed by atoms with Crippen molar-refractivity contribution in [2.75, 3.05) is 6.61 Å². The van der Waals surface area contributed by atoms with Gasteiger partial charge in [-0.3, -0.25) is 0 Å². The summed E-state index contributed by atoms with van der Waals surface area (Å²) in [4.78, 5) is 11.8. The lowest BCUT2D eigenvalue weighted by Crippen LogP contribution is -2.06. The van der Waals surface area contributed by atoms with Crippen LogP contribution in [0.25, 0.3) is 0 Å². The summed E-state index contributed by atoms with van der Waals surface area (Å²) in [6, 6.07) is 13.4. The van der Waals surface area contributed by atoms with Crippen molar-refractivity contribution >= 4 is 5.97 Å². The maximum atomic E-state index is 11.8. The van der Waals surface area contributed by atoms with E-state index in [9.17, 15) is 9.90 Å². The number of carbonyl (C=O) groups is 1. The van der Waals surface area contributed by atoms with E-state index in [-0.39, 0.29) is 11.3 Å². The topological polar surface area (TPSA) is 46.5 Å². The minimum absolute atomic E-state index is 0.0119. The zero-order chi connectivity index (χ0) is 14.5. The first kappa shape index (κ1) is 14.1. The Balaban J connectivity index is 2.36. The predicted molar refractivity (Wildman–Crippen MR) is 78.0 cm³/mol. The molecule has 0 heterocycles. The zero-order valence-electron chi connectivity index (χ0n) is 11.7. The van der Waals surface area contributed by atoms with Crippen molar-refractivity contribution in [3.8, 4) is 5.75 Å². The third kappa shape index (κ3) is 3.18. The van der Waals surface area contributed by atoms with Gasteiger partial charge >= 0.3 is 5.97 Å². The Morgan fingerprint density at radius 2 is 1.90 bits per heavy atom. The highest BCUT2D eigenvalue weighted by Gasteiger charge is 2.16. The molecule has 3 nitrogen and oxygen atoms in total. The van der Waals surface area contributed by atoms with Crippen molar-refractivity contribution in [2.45, 2.75) is 20.3 Å². The molecular formula is C17H18O3. The maximum Gasteiger partial charge on any atom is 0.341 e. The zero-order valence-corrected chi connectivity index (χ0v) is 11.7. The van der Waals surface area contributed by atoms with Crippen LogP contribution in [0.15, 0.2) is 42.5 Å². The summed E-state index contributed by atoms with van der Waals surface area (Å²) in [5, 5.41) is 10.3. The van der Waals surface area contributed by atoms with Crippen molar-refractivity contribution in [1.29, 1.82) is 0 Å². The number of aryl methyl sites for hydroxylation is 1. The summed E-state index contributed by atoms with van der Waals surface area (Å²) in [5.74, 6) is -0.471. The molecule has 0 aliphatic heterocycles. The van der Waals surface area contributed by atoms with Gasteiger partial charge in [0.05, 0.1) is 6.61 Å². The van der Waals surface area contributed by atoms with Gasteiger partial charge in [-0.05, 0) is 36.6 Å². The van der Waals surface area contributed by atoms with Crippen LogP contribution in [-0.2, 0) is 11.2 Å². The Hall–Kier alpha value is -2.29. The van der Waals surface area contributed by atoms with Gasteiger partial charge in [-0.25, -0.2) is 4.79 Å². The van der Waals surface area contributed by atoms with E-state index in [1.165, 1.54) is 0 Å². The van der Waals surface area contributed by atoms with Crippen molar-refractivity contribution in [1.82, 2.24) is 0 Å². The molecule has 104 valence electrons. The van der Waals surface area contributed by atoms with Gasteiger partial charge < -0.3 is 9.84 Å². The second-order valence-electron chi connectivity index (χ2n) is 4.70. The van der Waals surface area contributed by atoms with E-state index in [4.69, 9.17) is 4.74 Å². The van der Waals surface area contributed by atoms with E-state index in [0.29, 0.717) is 13.0 Å². The van der Waals surface area contributed by atoms with Crippen molar-refractivity contribution in [3.05, 3.63) is 64.7 Å². The molecule has 0 bridgehead atoms. The van der Waals surface area contributed by atoms with Gasteiger partial charge in [0.1, 0.15) is 11.3 Å². The Labute approximate surface area is 118 Å². The summed E-state index contributed by atoms with van der Waals surface area (Å²) in [6.45, 7) is 3.94. The fraction of sp³-hybridized carbons (Fsp3) is 0.235. The molecule has 20 heavy (non-hydrogen) atoms. The van der Waals surface area contributed by atoms with E-state index in [1.807, 2.05) is 43.3 Å². The third-order valence-corrected chi connectivity index (χ3v) is 3.07. The van der Waals surface area contributed by atoms with Gasteiger partial charge in [-0.2, -0.15) is 0 Å². The summed E-state index contributed by atoms with van der Waals surface area (Å²) in [6.07, 6.45) is 0.584. The van der Waals surface area contributed by atoms with Crippen LogP contribution >= 0.6 is 0 Å². The van der Waals surface area contributed by atoms with Crippen LogP contribution in [0.4, 0.5) is 0 Å². The molecular weight excluding hydrogens is 252 g/mol. The second kappa shape index (κ2) is 6.24. The van der Waals surface area contributed by atoms with Gasteiger partial charge in [0.2, 0.25) is 0 Å². The summed E-state index contributed by atoms with van der Waals surface area (Å²) < 4.78 is 4.97. The van der Waals surface area contributed by atoms with Crippen molar-refractivity contribution in [3.63, 3.8) is 0 Å². The number of phenolic OH excluding ortho intramolecular Hbond substituents is 1. The van der Waals surface area contributed by atoms with Gasteiger partial charge in [-0.1, -0.05) is 36.4 Å². The van der Waals surface area contributed by atoms with Crippen LogP contribution in [0.5, 0.6) is 5.75 Å². The lowest BCUT2D eigenvalue weighted by Gasteiger charge is -2.11. The van der Waals surface area contributed by atoms with E-state index in [1.54, 1.807) is 13.0 Å². The summed E-state index contributed by atoms with van der Waals surface area (Å²) in [7, 11) is 0. The smallest absolute Gasteiger partial charge is 0.341 e. The summed E-state index contributed by atoms with van der Waals surface area (Å²) >= 11 is 0. The number of phenols is 1. The fourth-order valence-electron chi connectivity index (χ4n) is 2.17. The second-order valence-corrected chi connectivity index (χ2v) is 4.70. The molecule has 3 heteroatoms. The molecule has 0 saturated carbocycles. The number of rotatable bonds is 4. The molecule has 0 amide bonds. The first-order valence-electron chi connectivity index (χ1n) is 6.65. The highest BCUT2D eigenvalue weighted by molar-refractivity contribution is 5.93. The number of esters is 1. The standard InChI is InChI=1S/C17H18O3/c1-3-20-17(19)15-10-12(2)9-14(16(15)18)11-13-7-5-4-6-8-13/h4-10,18H,3,11H2,1-2H3. The van der Waals surface area contributed by atoms with Crippen LogP contribution in [-0.4, -0.2) is 17.7 Å². The average Bonchev–Trinajstić information content (AvgIpc) is 2.44. The lowest BCUT2D eigenvalue weighted by atomic mass is 9.99. The minimum Gasteiger partial charge on any atom is -0.507 e. The maximum absolute atomic E-state index is 11.8. The van der Waals surface area contributed by atoms with E-state index >= 15 is 0 Å². The molecule has 0 aromatic heterocycles. The molecule has 0 saturated heterocycles. The lowest BCUT2D eigenvalue weighted by molar-refractivity contribution is 0.0522. The number of hydrogen-bond donors (Lipinski definition) is 1. The molecule has 0 unspecified atom stereocenters. The molecule has 1 N–H and O–H groups in total. The Morgan fingerprint density at radius 1 is 1.20 bits per heavy atom. The quantitative estimate of drug-likeness (QED) is 0.865. The van der Waals surface area contributed by atoms with Crippen LogP contribution in [0.2, 0.25) is 0 Å². The highest BCUT2D eigenvalue weighted by Crippen LogP contribution is 2.27. The molecule has 2 aromatic carbocycles. The van der Waals surface area contributed by atoms with Crippen LogP contribution in [0.3, 0.4) is 0 Å². The van der Waals surface area contributed by atoms with Crippen LogP contribution in [0, 0.1) is 6.92 Å². The normalized spacial score (nSPS) is 10.3. The van der Waals surface area contributed by atoms with E-state index in [2.05, 4.69) is 0 Å². The predicted octanol–water partition coefficient (Wildman–Crippen LogP) is 3.47. The van der Waals surface area contributed by atoms with Crippen LogP contribution < -0.4 is 0 Å². The molecule has 0 atom stereocenters.